The van der Waals surface area contributed by atoms with Gasteiger partial charge in [0.1, 0.15) is 10.5 Å². The van der Waals surface area contributed by atoms with Gasteiger partial charge in [0.05, 0.1) is 0 Å². The summed E-state index contributed by atoms with van der Waals surface area (Å²) in [6, 6.07) is 0. The summed E-state index contributed by atoms with van der Waals surface area (Å²) in [6.07, 6.45) is 1.70. The van der Waals surface area contributed by atoms with E-state index in [4.69, 9.17) is 4.43 Å². The summed E-state index contributed by atoms with van der Waals surface area (Å²) in [4.78, 5) is 2.18. The van der Waals surface area contributed by atoms with Crippen molar-refractivity contribution in [3.05, 3.63) is 0 Å². The largest absolute Gasteiger partial charge is 0.426 e. The van der Waals surface area contributed by atoms with Crippen molar-refractivity contribution in [2.24, 2.45) is 0 Å². The highest BCUT2D eigenvalue weighted by atomic mass is 28.2. The molecule has 0 saturated heterocycles. The molecule has 0 saturated carbocycles. The molecule has 0 fully saturated rings. The molecule has 2 nitrogen and oxygen atoms in total. The predicted molar refractivity (Wildman–Crippen MR) is 55.0 cm³/mol. The Labute approximate surface area is 74.5 Å². The summed E-state index contributed by atoms with van der Waals surface area (Å²) in [6.45, 7) is 7.46. The van der Waals surface area contributed by atoms with Gasteiger partial charge in [-0.3, -0.25) is 0 Å². The van der Waals surface area contributed by atoms with Gasteiger partial charge >= 0.3 is 0 Å². The first kappa shape index (κ1) is 13.7. The molecule has 0 unspecified atom stereocenters. The number of rotatable bonds is 3. The Bertz CT molecular complexity index is 67.1. The molecule has 0 aliphatic rings. The Balaban J connectivity index is 0. The first-order chi connectivity index (χ1) is 5.04. The zero-order valence-electron chi connectivity index (χ0n) is 8.85. The standard InChI is InChI=1S/C5H13N.C3H10OSi/c1-4-5-6(2)3;1-3(2)4-5/h4-5H2,1-3H3;3H,1-2,5H3. The number of nitrogens with zero attached hydrogens (tertiary/aromatic N) is 1. The minimum absolute atomic E-state index is 0.446. The van der Waals surface area contributed by atoms with Crippen LogP contribution in [0.1, 0.15) is 27.2 Å². The third-order valence-corrected chi connectivity index (χ3v) is 2.09. The van der Waals surface area contributed by atoms with Crippen LogP contribution in [0, 0.1) is 0 Å². The molecule has 0 bridgehead atoms. The molecule has 0 N–H and O–H groups in total. The van der Waals surface area contributed by atoms with Gasteiger partial charge in [-0.1, -0.05) is 6.92 Å². The van der Waals surface area contributed by atoms with E-state index in [-0.39, 0.29) is 0 Å². The van der Waals surface area contributed by atoms with Crippen molar-refractivity contribution in [3.8, 4) is 0 Å². The minimum atomic E-state index is 0.446. The summed E-state index contributed by atoms with van der Waals surface area (Å²) in [7, 11) is 5.05. The Morgan fingerprint density at radius 3 is 1.73 bits per heavy atom. The van der Waals surface area contributed by atoms with Crippen LogP contribution >= 0.6 is 0 Å². The van der Waals surface area contributed by atoms with Crippen LogP contribution in [0.2, 0.25) is 0 Å². The van der Waals surface area contributed by atoms with E-state index < -0.39 is 0 Å². The molecule has 0 aromatic rings. The molecule has 0 aromatic heterocycles. The monoisotopic (exact) mass is 177 g/mol. The van der Waals surface area contributed by atoms with Gasteiger partial charge in [0.15, 0.2) is 0 Å². The van der Waals surface area contributed by atoms with Gasteiger partial charge in [0.2, 0.25) is 0 Å². The van der Waals surface area contributed by atoms with E-state index in [1.807, 2.05) is 13.8 Å². The molecule has 0 aliphatic carbocycles. The smallest absolute Gasteiger partial charge is 0.146 e. The van der Waals surface area contributed by atoms with Crippen molar-refractivity contribution in [1.29, 1.82) is 0 Å². The van der Waals surface area contributed by atoms with Gasteiger partial charge in [-0.05, 0) is 40.9 Å². The van der Waals surface area contributed by atoms with Gasteiger partial charge in [0.25, 0.3) is 0 Å². The maximum absolute atomic E-state index is 4.89. The van der Waals surface area contributed by atoms with Crippen LogP contribution in [0.5, 0.6) is 0 Å². The van der Waals surface area contributed by atoms with Crippen molar-refractivity contribution in [3.63, 3.8) is 0 Å². The van der Waals surface area contributed by atoms with Gasteiger partial charge in [-0.2, -0.15) is 0 Å². The lowest BCUT2D eigenvalue weighted by Crippen LogP contribution is -2.11. The van der Waals surface area contributed by atoms with Crippen LogP contribution in [0.15, 0.2) is 0 Å². The third-order valence-electron chi connectivity index (χ3n) is 1.14. The first-order valence-corrected chi connectivity index (χ1v) is 5.03. The molecule has 0 amide bonds. The fourth-order valence-electron chi connectivity index (χ4n) is 0.447. The van der Waals surface area contributed by atoms with Crippen LogP contribution < -0.4 is 0 Å². The summed E-state index contributed by atoms with van der Waals surface area (Å²) in [5.74, 6) is 0. The summed E-state index contributed by atoms with van der Waals surface area (Å²) in [5.41, 5.74) is 0. The van der Waals surface area contributed by atoms with Crippen molar-refractivity contribution in [1.82, 2.24) is 4.90 Å². The van der Waals surface area contributed by atoms with Crippen molar-refractivity contribution >= 4 is 10.5 Å². The van der Waals surface area contributed by atoms with Gasteiger partial charge < -0.3 is 9.33 Å². The van der Waals surface area contributed by atoms with E-state index in [9.17, 15) is 0 Å². The highest BCUT2D eigenvalue weighted by molar-refractivity contribution is 5.98. The Kier molecular flexibility index (Phi) is 12.6. The maximum Gasteiger partial charge on any atom is 0.146 e. The topological polar surface area (TPSA) is 12.5 Å². The minimum Gasteiger partial charge on any atom is -0.426 e. The fraction of sp³-hybridized carbons (Fsp3) is 1.00. The fourth-order valence-corrected chi connectivity index (χ4v) is 0.447. The SMILES string of the molecule is CC(C)O[SiH3].CCCN(C)C. The Morgan fingerprint density at radius 1 is 1.36 bits per heavy atom. The Hall–Kier alpha value is 0.137. The van der Waals surface area contributed by atoms with Crippen LogP contribution in [0.3, 0.4) is 0 Å². The zero-order valence-corrected chi connectivity index (χ0v) is 10.8. The summed E-state index contributed by atoms with van der Waals surface area (Å²) < 4.78 is 4.89. The van der Waals surface area contributed by atoms with E-state index >= 15 is 0 Å². The lowest BCUT2D eigenvalue weighted by atomic mass is 10.5. The molecule has 0 rings (SSSR count). The van der Waals surface area contributed by atoms with Crippen LogP contribution in [-0.4, -0.2) is 42.1 Å². The molecule has 0 aliphatic heterocycles. The van der Waals surface area contributed by atoms with Crippen molar-refractivity contribution < 1.29 is 4.43 Å². The van der Waals surface area contributed by atoms with E-state index in [1.165, 1.54) is 13.0 Å². The molecule has 70 valence electrons. The summed E-state index contributed by atoms with van der Waals surface area (Å²) in [5, 5.41) is 0. The maximum atomic E-state index is 4.89. The molecular weight excluding hydrogens is 154 g/mol. The molecule has 0 spiro atoms. The average Bonchev–Trinajstić information content (AvgIpc) is 1.89. The third kappa shape index (κ3) is 25.4. The number of hydrogen-bond acceptors (Lipinski definition) is 2. The van der Waals surface area contributed by atoms with Crippen LogP contribution in [-0.2, 0) is 4.43 Å². The second-order valence-electron chi connectivity index (χ2n) is 3.09. The van der Waals surface area contributed by atoms with Gasteiger partial charge in [-0.25, -0.2) is 0 Å². The predicted octanol–water partition coefficient (Wildman–Crippen LogP) is 0.650. The molecule has 11 heavy (non-hydrogen) atoms. The lowest BCUT2D eigenvalue weighted by molar-refractivity contribution is 0.267. The highest BCUT2D eigenvalue weighted by Crippen LogP contribution is 1.77. The molecule has 0 atom stereocenters. The highest BCUT2D eigenvalue weighted by Gasteiger charge is 1.79. The average molecular weight is 177 g/mol. The van der Waals surface area contributed by atoms with E-state index in [2.05, 4.69) is 25.9 Å². The first-order valence-electron chi connectivity index (χ1n) is 4.22. The van der Waals surface area contributed by atoms with E-state index in [0.29, 0.717) is 6.10 Å². The van der Waals surface area contributed by atoms with E-state index in [1.54, 1.807) is 0 Å². The molecule has 0 radical (unpaired) electrons. The van der Waals surface area contributed by atoms with Crippen molar-refractivity contribution in [2.75, 3.05) is 20.6 Å². The van der Waals surface area contributed by atoms with Crippen molar-refractivity contribution in [2.45, 2.75) is 33.3 Å². The number of hydrogen-bond donors (Lipinski definition) is 0. The normalized spacial score (nSPS) is 10.1. The molecule has 3 heteroatoms. The molecule has 0 aromatic carbocycles. The lowest BCUT2D eigenvalue weighted by Gasteiger charge is -2.03. The molecule has 0 heterocycles. The quantitative estimate of drug-likeness (QED) is 0.587. The van der Waals surface area contributed by atoms with Crippen LogP contribution in [0.25, 0.3) is 0 Å². The van der Waals surface area contributed by atoms with Gasteiger partial charge in [-0.15, -0.1) is 0 Å². The second-order valence-corrected chi connectivity index (χ2v) is 3.56. The second kappa shape index (κ2) is 10.1. The Morgan fingerprint density at radius 2 is 1.73 bits per heavy atom. The summed E-state index contributed by atoms with van der Waals surface area (Å²) >= 11 is 0. The van der Waals surface area contributed by atoms with E-state index in [0.717, 1.165) is 10.5 Å². The molecular formula is C8H23NOSi. The van der Waals surface area contributed by atoms with Gasteiger partial charge in [0, 0.05) is 6.10 Å². The zero-order chi connectivity index (χ0) is 9.28. The van der Waals surface area contributed by atoms with Crippen LogP contribution in [0.4, 0.5) is 0 Å².